The smallest absolute Gasteiger partial charge is 0.175 e. The van der Waals surface area contributed by atoms with E-state index in [1.165, 1.54) is 17.4 Å². The molecule has 2 atom stereocenters. The molecule has 0 amide bonds. The summed E-state index contributed by atoms with van der Waals surface area (Å²) in [5.41, 5.74) is 9.45. The Morgan fingerprint density at radius 1 is 1.05 bits per heavy atom. The van der Waals surface area contributed by atoms with Crippen molar-refractivity contribution in [2.45, 2.75) is 23.4 Å². The van der Waals surface area contributed by atoms with Gasteiger partial charge in [-0.2, -0.15) is 0 Å². The van der Waals surface area contributed by atoms with Crippen LogP contribution in [0.3, 0.4) is 0 Å². The molecular weight excluding hydrogens is 284 g/mol. The third kappa shape index (κ3) is 2.80. The molecule has 5 heteroatoms. The number of rotatable bonds is 3. The summed E-state index contributed by atoms with van der Waals surface area (Å²) >= 11 is 0. The molecule has 0 spiro atoms. The van der Waals surface area contributed by atoms with E-state index in [-0.39, 0.29) is 12.1 Å². The summed E-state index contributed by atoms with van der Waals surface area (Å²) in [6, 6.07) is 15.2. The fourth-order valence-corrected chi connectivity index (χ4v) is 3.44. The lowest BCUT2D eigenvalue weighted by atomic mass is 10.1. The van der Waals surface area contributed by atoms with Gasteiger partial charge < -0.3 is 11.1 Å². The highest BCUT2D eigenvalue weighted by molar-refractivity contribution is 7.90. The maximum Gasteiger partial charge on any atom is 0.175 e. The van der Waals surface area contributed by atoms with Gasteiger partial charge in [0, 0.05) is 18.0 Å². The number of fused-ring (bicyclic) bond motifs is 1. The largest absolute Gasteiger partial charge is 0.378 e. The third-order valence-electron chi connectivity index (χ3n) is 3.88. The van der Waals surface area contributed by atoms with Crippen molar-refractivity contribution in [3.8, 4) is 0 Å². The van der Waals surface area contributed by atoms with Crippen molar-refractivity contribution in [3.63, 3.8) is 0 Å². The first-order valence-electron chi connectivity index (χ1n) is 6.86. The quantitative estimate of drug-likeness (QED) is 0.914. The molecule has 3 rings (SSSR count). The van der Waals surface area contributed by atoms with Gasteiger partial charge in [0.1, 0.15) is 0 Å². The summed E-state index contributed by atoms with van der Waals surface area (Å²) in [5.74, 6) is 0. The van der Waals surface area contributed by atoms with Gasteiger partial charge in [0.25, 0.3) is 0 Å². The summed E-state index contributed by atoms with van der Waals surface area (Å²) in [7, 11) is -3.15. The lowest BCUT2D eigenvalue weighted by molar-refractivity contribution is 0.602. The second kappa shape index (κ2) is 5.16. The maximum absolute atomic E-state index is 11.5. The molecule has 0 aliphatic heterocycles. The molecule has 0 radical (unpaired) electrons. The van der Waals surface area contributed by atoms with Crippen LogP contribution in [0.2, 0.25) is 0 Å². The van der Waals surface area contributed by atoms with Crippen molar-refractivity contribution in [1.29, 1.82) is 0 Å². The van der Waals surface area contributed by atoms with E-state index in [9.17, 15) is 8.42 Å². The van der Waals surface area contributed by atoms with Gasteiger partial charge in [-0.15, -0.1) is 0 Å². The van der Waals surface area contributed by atoms with Gasteiger partial charge in [0.15, 0.2) is 9.84 Å². The average Bonchev–Trinajstić information content (AvgIpc) is 2.76. The Morgan fingerprint density at radius 3 is 2.29 bits per heavy atom. The Balaban J connectivity index is 1.82. The first-order chi connectivity index (χ1) is 9.95. The van der Waals surface area contributed by atoms with Crippen molar-refractivity contribution < 1.29 is 8.42 Å². The fraction of sp³-hybridized carbons (Fsp3) is 0.250. The second-order valence-electron chi connectivity index (χ2n) is 5.46. The zero-order chi connectivity index (χ0) is 15.0. The van der Waals surface area contributed by atoms with E-state index in [0.717, 1.165) is 12.1 Å². The Bertz CT molecular complexity index is 754. The number of nitrogens with one attached hydrogen (secondary N) is 1. The molecule has 1 aliphatic rings. The summed E-state index contributed by atoms with van der Waals surface area (Å²) in [6.45, 7) is 0. The predicted octanol–water partition coefficient (Wildman–Crippen LogP) is 2.65. The standard InChI is InChI=1S/C16H18N2O2S/c1-21(19,20)12-8-6-11(7-9-12)18-16-10-15(17)13-4-2-3-5-14(13)16/h2-9,15-16,18H,10,17H2,1H3. The van der Waals surface area contributed by atoms with Crippen molar-refractivity contribution in [1.82, 2.24) is 0 Å². The minimum absolute atomic E-state index is 0.0500. The number of nitrogens with two attached hydrogens (primary N) is 1. The van der Waals surface area contributed by atoms with E-state index >= 15 is 0 Å². The Labute approximate surface area is 124 Å². The van der Waals surface area contributed by atoms with Crippen LogP contribution < -0.4 is 11.1 Å². The Hall–Kier alpha value is -1.85. The monoisotopic (exact) mass is 302 g/mol. The minimum Gasteiger partial charge on any atom is -0.378 e. The normalized spacial score (nSPS) is 21.0. The van der Waals surface area contributed by atoms with Crippen molar-refractivity contribution in [2.24, 2.45) is 5.73 Å². The van der Waals surface area contributed by atoms with Gasteiger partial charge >= 0.3 is 0 Å². The third-order valence-corrected chi connectivity index (χ3v) is 5.01. The van der Waals surface area contributed by atoms with E-state index < -0.39 is 9.84 Å². The predicted molar refractivity (Wildman–Crippen MR) is 83.9 cm³/mol. The summed E-state index contributed by atoms with van der Waals surface area (Å²) in [4.78, 5) is 0.330. The molecule has 2 unspecified atom stereocenters. The topological polar surface area (TPSA) is 72.2 Å². The lowest BCUT2D eigenvalue weighted by Gasteiger charge is -2.15. The zero-order valence-corrected chi connectivity index (χ0v) is 12.6. The van der Waals surface area contributed by atoms with Gasteiger partial charge in [0.2, 0.25) is 0 Å². The molecule has 2 aromatic rings. The number of benzene rings is 2. The fourth-order valence-electron chi connectivity index (χ4n) is 2.81. The molecule has 2 aromatic carbocycles. The van der Waals surface area contributed by atoms with Crippen LogP contribution in [0, 0.1) is 0 Å². The molecule has 0 aromatic heterocycles. The van der Waals surface area contributed by atoms with Gasteiger partial charge in [-0.3, -0.25) is 0 Å². The van der Waals surface area contributed by atoms with Gasteiger partial charge in [-0.25, -0.2) is 8.42 Å². The molecule has 0 saturated heterocycles. The summed E-state index contributed by atoms with van der Waals surface area (Å²) < 4.78 is 22.9. The van der Waals surface area contributed by atoms with Crippen molar-refractivity contribution >= 4 is 15.5 Å². The van der Waals surface area contributed by atoms with Crippen LogP contribution in [0.15, 0.2) is 53.4 Å². The molecule has 1 aliphatic carbocycles. The molecular formula is C16H18N2O2S. The number of hydrogen-bond donors (Lipinski definition) is 2. The Morgan fingerprint density at radius 2 is 1.67 bits per heavy atom. The van der Waals surface area contributed by atoms with Crippen LogP contribution in [-0.4, -0.2) is 14.7 Å². The summed E-state index contributed by atoms with van der Waals surface area (Å²) in [5, 5.41) is 3.43. The molecule has 0 bridgehead atoms. The second-order valence-corrected chi connectivity index (χ2v) is 7.48. The van der Waals surface area contributed by atoms with Crippen LogP contribution in [-0.2, 0) is 9.84 Å². The number of anilines is 1. The van der Waals surface area contributed by atoms with Gasteiger partial charge in [0.05, 0.1) is 10.9 Å². The van der Waals surface area contributed by atoms with Crippen LogP contribution in [0.4, 0.5) is 5.69 Å². The highest BCUT2D eigenvalue weighted by Gasteiger charge is 2.27. The van der Waals surface area contributed by atoms with Crippen LogP contribution in [0.25, 0.3) is 0 Å². The molecule has 0 fully saturated rings. The maximum atomic E-state index is 11.5. The summed E-state index contributed by atoms with van der Waals surface area (Å²) in [6.07, 6.45) is 2.05. The Kier molecular flexibility index (Phi) is 3.47. The molecule has 0 saturated carbocycles. The van der Waals surface area contributed by atoms with Gasteiger partial charge in [-0.05, 0) is 41.8 Å². The lowest BCUT2D eigenvalue weighted by Crippen LogP contribution is -2.10. The zero-order valence-electron chi connectivity index (χ0n) is 11.8. The van der Waals surface area contributed by atoms with E-state index in [2.05, 4.69) is 17.4 Å². The molecule has 0 heterocycles. The van der Waals surface area contributed by atoms with Crippen LogP contribution in [0.1, 0.15) is 29.6 Å². The van der Waals surface area contributed by atoms with E-state index in [1.54, 1.807) is 24.3 Å². The van der Waals surface area contributed by atoms with E-state index in [0.29, 0.717) is 4.90 Å². The highest BCUT2D eigenvalue weighted by atomic mass is 32.2. The minimum atomic E-state index is -3.15. The van der Waals surface area contributed by atoms with Crippen LogP contribution >= 0.6 is 0 Å². The number of sulfone groups is 1. The van der Waals surface area contributed by atoms with Crippen molar-refractivity contribution in [3.05, 3.63) is 59.7 Å². The van der Waals surface area contributed by atoms with Crippen molar-refractivity contribution in [2.75, 3.05) is 11.6 Å². The molecule has 3 N–H and O–H groups in total. The van der Waals surface area contributed by atoms with Crippen LogP contribution in [0.5, 0.6) is 0 Å². The molecule has 21 heavy (non-hydrogen) atoms. The van der Waals surface area contributed by atoms with Gasteiger partial charge in [-0.1, -0.05) is 24.3 Å². The number of hydrogen-bond acceptors (Lipinski definition) is 4. The van der Waals surface area contributed by atoms with E-state index in [1.807, 2.05) is 12.1 Å². The SMILES string of the molecule is CS(=O)(=O)c1ccc(NC2CC(N)c3ccccc32)cc1. The molecule has 4 nitrogen and oxygen atoms in total. The molecule has 110 valence electrons. The first kappa shape index (κ1) is 14.1. The highest BCUT2D eigenvalue weighted by Crippen LogP contribution is 2.39. The van der Waals surface area contributed by atoms with E-state index in [4.69, 9.17) is 5.73 Å². The first-order valence-corrected chi connectivity index (χ1v) is 8.75. The average molecular weight is 302 g/mol.